The molecule has 0 radical (unpaired) electrons. The van der Waals surface area contributed by atoms with Crippen molar-refractivity contribution in [3.63, 3.8) is 0 Å². The maximum atomic E-state index is 14.2. The lowest BCUT2D eigenvalue weighted by molar-refractivity contribution is -0.142. The second-order valence-electron chi connectivity index (χ2n) is 11.4. The summed E-state index contributed by atoms with van der Waals surface area (Å²) in [5.74, 6) is -5.60. The maximum absolute atomic E-state index is 14.2. The minimum Gasteiger partial charge on any atom is -0.508 e. The topological polar surface area (TPSA) is 132 Å². The number of likely N-dealkylation sites (tertiary alicyclic amines) is 1. The summed E-state index contributed by atoms with van der Waals surface area (Å²) in [6.07, 6.45) is 2.47. The van der Waals surface area contributed by atoms with Crippen molar-refractivity contribution in [1.82, 2.24) is 4.90 Å². The molecule has 6 rings (SSSR count). The molecule has 2 aromatic rings. The molecule has 2 saturated heterocycles. The van der Waals surface area contributed by atoms with Gasteiger partial charge in [-0.05, 0) is 50.3 Å². The number of phenols is 1. The van der Waals surface area contributed by atoms with E-state index in [1.54, 1.807) is 61.5 Å². The average Bonchev–Trinajstić information content (AvgIpc) is 3.29. The van der Waals surface area contributed by atoms with Crippen molar-refractivity contribution in [2.24, 2.45) is 29.1 Å². The van der Waals surface area contributed by atoms with Crippen molar-refractivity contribution in [3.8, 4) is 5.75 Å². The lowest BCUT2D eigenvalue weighted by Gasteiger charge is -2.49. The van der Waals surface area contributed by atoms with E-state index in [-0.39, 0.29) is 55.2 Å². The van der Waals surface area contributed by atoms with Crippen LogP contribution in [-0.4, -0.2) is 51.3 Å². The zero-order chi connectivity index (χ0) is 28.3. The first kappa shape index (κ1) is 26.0. The highest BCUT2D eigenvalue weighted by Crippen LogP contribution is 2.64. The number of anilines is 1. The molecule has 9 heteroatoms. The largest absolute Gasteiger partial charge is 0.508 e. The van der Waals surface area contributed by atoms with Crippen molar-refractivity contribution in [3.05, 3.63) is 71.8 Å². The molecule has 4 aliphatic rings. The van der Waals surface area contributed by atoms with Gasteiger partial charge in [-0.25, -0.2) is 4.90 Å². The van der Waals surface area contributed by atoms with Gasteiger partial charge >= 0.3 is 5.97 Å². The normalized spacial score (nSPS) is 31.1. The highest BCUT2D eigenvalue weighted by Gasteiger charge is 2.67. The molecule has 9 nitrogen and oxygen atoms in total. The predicted octanol–water partition coefficient (Wildman–Crippen LogP) is 3.49. The van der Waals surface area contributed by atoms with Crippen LogP contribution < -0.4 is 4.90 Å². The summed E-state index contributed by atoms with van der Waals surface area (Å²) < 4.78 is 0. The number of benzene rings is 2. The molecule has 0 bridgehead atoms. The number of phenolic OH excluding ortho intramolecular Hbond substituents is 1. The summed E-state index contributed by atoms with van der Waals surface area (Å²) in [6, 6.07) is 15.5. The lowest BCUT2D eigenvalue weighted by atomic mass is 9.51. The monoisotopic (exact) mass is 542 g/mol. The van der Waals surface area contributed by atoms with E-state index in [9.17, 15) is 29.1 Å². The quantitative estimate of drug-likeness (QED) is 0.422. The van der Waals surface area contributed by atoms with E-state index < -0.39 is 41.0 Å². The summed E-state index contributed by atoms with van der Waals surface area (Å²) in [5, 5.41) is 20.0. The number of hydrogen-bond donors (Lipinski definition) is 2. The summed E-state index contributed by atoms with van der Waals surface area (Å²) in [4.78, 5) is 68.7. The van der Waals surface area contributed by atoms with Crippen LogP contribution in [0.25, 0.3) is 0 Å². The molecule has 2 aliphatic heterocycles. The van der Waals surface area contributed by atoms with Gasteiger partial charge in [-0.15, -0.1) is 0 Å². The molecule has 2 N–H and O–H groups in total. The molecule has 2 aromatic carbocycles. The maximum Gasteiger partial charge on any atom is 0.303 e. The van der Waals surface area contributed by atoms with Crippen LogP contribution in [0.4, 0.5) is 5.69 Å². The van der Waals surface area contributed by atoms with Gasteiger partial charge < -0.3 is 10.2 Å². The SMILES string of the molecule is C[C@@]12C(=O)N(c3ccccc3)C(=O)[C@@H]1C[C@@H]1C(=CC[C@@H]3C(=O)N(CCCC(=O)O)C(=O)[C@@H]31)[C@@H]2c1ccccc1O. The number of amides is 4. The fourth-order valence-electron chi connectivity index (χ4n) is 7.59. The number of aromatic hydroxyl groups is 1. The van der Waals surface area contributed by atoms with E-state index in [0.29, 0.717) is 17.7 Å². The Morgan fingerprint density at radius 3 is 2.35 bits per heavy atom. The third-order valence-electron chi connectivity index (χ3n) is 9.40. The van der Waals surface area contributed by atoms with Gasteiger partial charge in [-0.2, -0.15) is 0 Å². The number of carboxylic acids is 1. The van der Waals surface area contributed by atoms with Crippen LogP contribution in [0.3, 0.4) is 0 Å². The standard InChI is InChI=1S/C31H30N2O7/c1-31-22(28(38)33(30(31)40)17-8-3-2-4-9-17)16-21-18(26(31)19-10-5-6-11-23(19)34)13-14-20-25(21)29(39)32(27(20)37)15-7-12-24(35)36/h2-6,8-11,13,20-22,25-26,34H,7,12,14-16H2,1H3,(H,35,36)/t20-,21+,22-,25-,26+,31+/m0/s1. The number of rotatable bonds is 6. The van der Waals surface area contributed by atoms with E-state index in [4.69, 9.17) is 5.11 Å². The minimum atomic E-state index is -1.21. The zero-order valence-electron chi connectivity index (χ0n) is 22.0. The molecule has 206 valence electrons. The highest BCUT2D eigenvalue weighted by molar-refractivity contribution is 6.24. The summed E-state index contributed by atoms with van der Waals surface area (Å²) in [6.45, 7) is 1.81. The van der Waals surface area contributed by atoms with E-state index in [1.165, 1.54) is 9.80 Å². The van der Waals surface area contributed by atoms with Gasteiger partial charge in [0.15, 0.2) is 0 Å². The number of nitrogens with zero attached hydrogens (tertiary/aromatic N) is 2. The molecule has 6 atom stereocenters. The number of hydrogen-bond acceptors (Lipinski definition) is 6. The molecule has 2 heterocycles. The summed E-state index contributed by atoms with van der Waals surface area (Å²) in [7, 11) is 0. The van der Waals surface area contributed by atoms with Crippen LogP contribution in [0, 0.1) is 29.1 Å². The van der Waals surface area contributed by atoms with E-state index >= 15 is 0 Å². The van der Waals surface area contributed by atoms with Crippen LogP contribution in [0.15, 0.2) is 66.2 Å². The molecule has 0 aromatic heterocycles. The van der Waals surface area contributed by atoms with Crippen molar-refractivity contribution in [1.29, 1.82) is 0 Å². The number of fused-ring (bicyclic) bond motifs is 4. The molecule has 4 amide bonds. The molecule has 2 aliphatic carbocycles. The van der Waals surface area contributed by atoms with Gasteiger partial charge in [0.1, 0.15) is 5.75 Å². The van der Waals surface area contributed by atoms with E-state index in [0.717, 1.165) is 5.57 Å². The third kappa shape index (κ3) is 3.63. The number of carbonyl (C=O) groups is 5. The van der Waals surface area contributed by atoms with Crippen LogP contribution >= 0.6 is 0 Å². The van der Waals surface area contributed by atoms with Crippen molar-refractivity contribution in [2.45, 2.75) is 38.5 Å². The Balaban J connectivity index is 1.45. The Kier molecular flexibility index (Phi) is 6.12. The fourth-order valence-corrected chi connectivity index (χ4v) is 7.59. The van der Waals surface area contributed by atoms with E-state index in [2.05, 4.69) is 0 Å². The first-order chi connectivity index (χ1) is 19.2. The first-order valence-corrected chi connectivity index (χ1v) is 13.6. The van der Waals surface area contributed by atoms with Gasteiger partial charge in [0.2, 0.25) is 23.6 Å². The summed E-state index contributed by atoms with van der Waals surface area (Å²) in [5.41, 5.74) is 0.561. The number of para-hydroxylation sites is 2. The number of imide groups is 2. The Labute approximate surface area is 231 Å². The molecular weight excluding hydrogens is 512 g/mol. The fraction of sp³-hybridized carbons (Fsp3) is 0.387. The number of allylic oxidation sites excluding steroid dienone is 2. The number of aliphatic carboxylic acids is 1. The summed E-state index contributed by atoms with van der Waals surface area (Å²) >= 11 is 0. The number of carboxylic acid groups (broad SMARTS) is 1. The minimum absolute atomic E-state index is 0.00122. The Bertz CT molecular complexity index is 1470. The second kappa shape index (κ2) is 9.43. The predicted molar refractivity (Wildman–Crippen MR) is 143 cm³/mol. The van der Waals surface area contributed by atoms with E-state index in [1.807, 2.05) is 6.08 Å². The highest BCUT2D eigenvalue weighted by atomic mass is 16.4. The van der Waals surface area contributed by atoms with Crippen molar-refractivity contribution < 1.29 is 34.2 Å². The Morgan fingerprint density at radius 2 is 1.65 bits per heavy atom. The first-order valence-electron chi connectivity index (χ1n) is 13.6. The Hall–Kier alpha value is -4.27. The Morgan fingerprint density at radius 1 is 0.950 bits per heavy atom. The third-order valence-corrected chi connectivity index (χ3v) is 9.40. The van der Waals surface area contributed by atoms with Crippen molar-refractivity contribution >= 4 is 35.3 Å². The molecular formula is C31H30N2O7. The van der Waals surface area contributed by atoms with Gasteiger partial charge in [0.05, 0.1) is 28.9 Å². The lowest BCUT2D eigenvalue weighted by Crippen LogP contribution is -2.48. The molecule has 0 unspecified atom stereocenters. The molecule has 1 saturated carbocycles. The van der Waals surface area contributed by atoms with Crippen LogP contribution in [0.2, 0.25) is 0 Å². The van der Waals surface area contributed by atoms with Gasteiger partial charge in [0.25, 0.3) is 0 Å². The van der Waals surface area contributed by atoms with Gasteiger partial charge in [-0.3, -0.25) is 28.9 Å². The van der Waals surface area contributed by atoms with Gasteiger partial charge in [0, 0.05) is 24.4 Å². The molecule has 40 heavy (non-hydrogen) atoms. The van der Waals surface area contributed by atoms with Crippen LogP contribution in [-0.2, 0) is 24.0 Å². The second-order valence-corrected chi connectivity index (χ2v) is 11.4. The molecule has 3 fully saturated rings. The number of carbonyl (C=O) groups excluding carboxylic acids is 4. The van der Waals surface area contributed by atoms with Gasteiger partial charge in [-0.1, -0.05) is 48.0 Å². The average molecular weight is 543 g/mol. The zero-order valence-corrected chi connectivity index (χ0v) is 22.0. The van der Waals surface area contributed by atoms with Crippen molar-refractivity contribution in [2.75, 3.05) is 11.4 Å². The molecule has 0 spiro atoms. The smallest absolute Gasteiger partial charge is 0.303 e. The van der Waals surface area contributed by atoms with Crippen LogP contribution in [0.5, 0.6) is 5.75 Å². The van der Waals surface area contributed by atoms with Crippen LogP contribution in [0.1, 0.15) is 44.1 Å².